The quantitative estimate of drug-likeness (QED) is 0.583. The molecule has 1 aromatic rings. The molecule has 0 aliphatic carbocycles. The minimum absolute atomic E-state index is 0.381. The van der Waals surface area contributed by atoms with Crippen LogP contribution < -0.4 is 0 Å². The topological polar surface area (TPSA) is 12.5 Å². The molecule has 0 bridgehead atoms. The Bertz CT molecular complexity index is 440. The first-order chi connectivity index (χ1) is 10.4. The van der Waals surface area contributed by atoms with Crippen molar-refractivity contribution in [2.45, 2.75) is 45.1 Å². The van der Waals surface area contributed by atoms with E-state index in [0.29, 0.717) is 6.04 Å². The van der Waals surface area contributed by atoms with Gasteiger partial charge < -0.3 is 4.74 Å². The van der Waals surface area contributed by atoms with Crippen LogP contribution in [0.15, 0.2) is 30.3 Å². The van der Waals surface area contributed by atoms with Gasteiger partial charge in [-0.1, -0.05) is 62.6 Å². The standard InChI is InChI=1S/C19H27NO/c1-2-3-4-8-11-19(20-14-16-21-17-15-20)13-12-18-9-6-5-7-10-18/h5-7,9-10,19H,2-4,8,11,14-17H2,1H3. The fraction of sp³-hybridized carbons (Fsp3) is 0.579. The summed E-state index contributed by atoms with van der Waals surface area (Å²) in [5.41, 5.74) is 1.12. The second kappa shape index (κ2) is 9.60. The average Bonchev–Trinajstić information content (AvgIpc) is 2.56. The van der Waals surface area contributed by atoms with Gasteiger partial charge in [0.05, 0.1) is 19.3 Å². The highest BCUT2D eigenvalue weighted by Crippen LogP contribution is 2.12. The molecular formula is C19H27NO. The van der Waals surface area contributed by atoms with Crippen molar-refractivity contribution in [1.29, 1.82) is 0 Å². The fourth-order valence-corrected chi connectivity index (χ4v) is 2.69. The predicted molar refractivity (Wildman–Crippen MR) is 88.3 cm³/mol. The maximum absolute atomic E-state index is 5.47. The SMILES string of the molecule is CCCCCCC(C#Cc1ccccc1)N1CCOCC1. The van der Waals surface area contributed by atoms with Crippen LogP contribution in [0, 0.1) is 11.8 Å². The molecular weight excluding hydrogens is 258 g/mol. The number of unbranched alkanes of at least 4 members (excludes halogenated alkanes) is 3. The normalized spacial score (nSPS) is 17.0. The first kappa shape index (κ1) is 16.1. The van der Waals surface area contributed by atoms with E-state index in [4.69, 9.17) is 4.74 Å². The van der Waals surface area contributed by atoms with Crippen LogP contribution >= 0.6 is 0 Å². The molecule has 1 atom stereocenters. The largest absolute Gasteiger partial charge is 0.379 e. The van der Waals surface area contributed by atoms with Crippen molar-refractivity contribution in [2.75, 3.05) is 26.3 Å². The monoisotopic (exact) mass is 285 g/mol. The van der Waals surface area contributed by atoms with Crippen molar-refractivity contribution in [2.24, 2.45) is 0 Å². The van der Waals surface area contributed by atoms with Gasteiger partial charge in [0.25, 0.3) is 0 Å². The molecule has 1 saturated heterocycles. The Morgan fingerprint density at radius 3 is 2.57 bits per heavy atom. The highest BCUT2D eigenvalue weighted by molar-refractivity contribution is 5.34. The third-order valence-electron chi connectivity index (χ3n) is 3.97. The second-order valence-corrected chi connectivity index (χ2v) is 5.65. The van der Waals surface area contributed by atoms with E-state index >= 15 is 0 Å². The number of hydrogen-bond acceptors (Lipinski definition) is 2. The number of hydrogen-bond donors (Lipinski definition) is 0. The lowest BCUT2D eigenvalue weighted by Crippen LogP contribution is -2.42. The summed E-state index contributed by atoms with van der Waals surface area (Å²) >= 11 is 0. The van der Waals surface area contributed by atoms with Gasteiger partial charge in [-0.15, -0.1) is 0 Å². The molecule has 2 rings (SSSR count). The lowest BCUT2D eigenvalue weighted by Gasteiger charge is -2.31. The molecule has 0 radical (unpaired) electrons. The fourth-order valence-electron chi connectivity index (χ4n) is 2.69. The maximum atomic E-state index is 5.47. The van der Waals surface area contributed by atoms with Crippen LogP contribution in [0.5, 0.6) is 0 Å². The molecule has 114 valence electrons. The van der Waals surface area contributed by atoms with Crippen LogP contribution in [-0.2, 0) is 4.74 Å². The van der Waals surface area contributed by atoms with Gasteiger partial charge in [0.2, 0.25) is 0 Å². The molecule has 1 fully saturated rings. The van der Waals surface area contributed by atoms with Crippen LogP contribution in [0.2, 0.25) is 0 Å². The summed E-state index contributed by atoms with van der Waals surface area (Å²) in [5.74, 6) is 6.85. The van der Waals surface area contributed by atoms with E-state index in [2.05, 4.69) is 47.9 Å². The van der Waals surface area contributed by atoms with Gasteiger partial charge >= 0.3 is 0 Å². The van der Waals surface area contributed by atoms with Crippen LogP contribution in [0.1, 0.15) is 44.6 Å². The lowest BCUT2D eigenvalue weighted by molar-refractivity contribution is 0.0255. The van der Waals surface area contributed by atoms with Gasteiger partial charge in [0.1, 0.15) is 0 Å². The van der Waals surface area contributed by atoms with Crippen molar-refractivity contribution in [3.05, 3.63) is 35.9 Å². The molecule has 0 spiro atoms. The second-order valence-electron chi connectivity index (χ2n) is 5.65. The zero-order valence-corrected chi connectivity index (χ0v) is 13.2. The van der Waals surface area contributed by atoms with E-state index in [9.17, 15) is 0 Å². The lowest BCUT2D eigenvalue weighted by atomic mass is 10.1. The van der Waals surface area contributed by atoms with Crippen LogP contribution in [-0.4, -0.2) is 37.2 Å². The summed E-state index contributed by atoms with van der Waals surface area (Å²) in [6, 6.07) is 10.7. The van der Waals surface area contributed by atoms with Crippen LogP contribution in [0.3, 0.4) is 0 Å². The Labute approximate surface area is 129 Å². The van der Waals surface area contributed by atoms with Crippen molar-refractivity contribution in [1.82, 2.24) is 4.90 Å². The highest BCUT2D eigenvalue weighted by atomic mass is 16.5. The summed E-state index contributed by atoms with van der Waals surface area (Å²) in [6.07, 6.45) is 6.41. The highest BCUT2D eigenvalue weighted by Gasteiger charge is 2.18. The summed E-state index contributed by atoms with van der Waals surface area (Å²) in [6.45, 7) is 5.98. The van der Waals surface area contributed by atoms with Crippen LogP contribution in [0.25, 0.3) is 0 Å². The van der Waals surface area contributed by atoms with Gasteiger partial charge in [-0.2, -0.15) is 0 Å². The Balaban J connectivity index is 1.95. The van der Waals surface area contributed by atoms with Crippen LogP contribution in [0.4, 0.5) is 0 Å². The van der Waals surface area contributed by atoms with Crippen molar-refractivity contribution >= 4 is 0 Å². The van der Waals surface area contributed by atoms with Crippen molar-refractivity contribution in [3.8, 4) is 11.8 Å². The molecule has 0 amide bonds. The number of rotatable bonds is 6. The first-order valence-corrected chi connectivity index (χ1v) is 8.28. The molecule has 0 N–H and O–H groups in total. The van der Waals surface area contributed by atoms with Gasteiger partial charge in [-0.05, 0) is 18.6 Å². The van der Waals surface area contributed by atoms with Gasteiger partial charge in [0.15, 0.2) is 0 Å². The molecule has 2 heteroatoms. The summed E-state index contributed by atoms with van der Waals surface area (Å²) in [7, 11) is 0. The molecule has 1 aliphatic rings. The Morgan fingerprint density at radius 1 is 1.10 bits per heavy atom. The molecule has 1 heterocycles. The van der Waals surface area contributed by atoms with Crippen molar-refractivity contribution < 1.29 is 4.74 Å². The molecule has 21 heavy (non-hydrogen) atoms. The first-order valence-electron chi connectivity index (χ1n) is 8.28. The predicted octanol–water partition coefficient (Wildman–Crippen LogP) is 3.71. The smallest absolute Gasteiger partial charge is 0.0719 e. The Morgan fingerprint density at radius 2 is 1.86 bits per heavy atom. The molecule has 0 saturated carbocycles. The molecule has 0 aromatic heterocycles. The molecule has 1 aromatic carbocycles. The van der Waals surface area contributed by atoms with E-state index in [1.54, 1.807) is 0 Å². The van der Waals surface area contributed by atoms with Gasteiger partial charge in [-0.25, -0.2) is 0 Å². The molecule has 1 aliphatic heterocycles. The summed E-state index contributed by atoms with van der Waals surface area (Å²) in [5, 5.41) is 0. The van der Waals surface area contributed by atoms with Gasteiger partial charge in [0, 0.05) is 18.7 Å². The summed E-state index contributed by atoms with van der Waals surface area (Å²) < 4.78 is 5.47. The van der Waals surface area contributed by atoms with E-state index in [1.807, 2.05) is 6.07 Å². The molecule has 1 unspecified atom stereocenters. The number of morpholine rings is 1. The van der Waals surface area contributed by atoms with E-state index in [1.165, 1.54) is 32.1 Å². The molecule has 2 nitrogen and oxygen atoms in total. The van der Waals surface area contributed by atoms with E-state index < -0.39 is 0 Å². The Hall–Kier alpha value is -1.30. The Kier molecular flexibility index (Phi) is 7.35. The zero-order valence-electron chi connectivity index (χ0n) is 13.2. The third kappa shape index (κ3) is 5.91. The minimum atomic E-state index is 0.381. The number of benzene rings is 1. The van der Waals surface area contributed by atoms with E-state index in [-0.39, 0.29) is 0 Å². The van der Waals surface area contributed by atoms with Crippen molar-refractivity contribution in [3.63, 3.8) is 0 Å². The zero-order chi connectivity index (χ0) is 14.8. The minimum Gasteiger partial charge on any atom is -0.379 e. The van der Waals surface area contributed by atoms with E-state index in [0.717, 1.165) is 31.9 Å². The third-order valence-corrected chi connectivity index (χ3v) is 3.97. The number of ether oxygens (including phenoxy) is 1. The van der Waals surface area contributed by atoms with Gasteiger partial charge in [-0.3, -0.25) is 4.90 Å². The summed E-state index contributed by atoms with van der Waals surface area (Å²) in [4.78, 5) is 2.49. The maximum Gasteiger partial charge on any atom is 0.0719 e. The average molecular weight is 285 g/mol. The number of nitrogens with zero attached hydrogens (tertiary/aromatic N) is 1.